The third kappa shape index (κ3) is 14.1. The molecule has 1 aromatic rings. The summed E-state index contributed by atoms with van der Waals surface area (Å²) in [6.07, 6.45) is 2.11. The third-order valence-corrected chi connectivity index (χ3v) is 4.60. The fourth-order valence-corrected chi connectivity index (χ4v) is 2.65. The summed E-state index contributed by atoms with van der Waals surface area (Å²) < 4.78 is 33.2. The lowest BCUT2D eigenvalue weighted by Crippen LogP contribution is -2.39. The van der Waals surface area contributed by atoms with E-state index in [1.165, 1.54) is 11.8 Å². The van der Waals surface area contributed by atoms with Gasteiger partial charge in [-0.1, -0.05) is 30.3 Å². The molecular formula is C19H34IN3O4S. The summed E-state index contributed by atoms with van der Waals surface area (Å²) in [5.41, 5.74) is 1.17. The van der Waals surface area contributed by atoms with Crippen molar-refractivity contribution in [3.05, 3.63) is 35.9 Å². The van der Waals surface area contributed by atoms with Crippen LogP contribution in [0.25, 0.3) is 0 Å². The first-order valence-corrected chi connectivity index (χ1v) is 11.4. The van der Waals surface area contributed by atoms with Gasteiger partial charge in [-0.15, -0.1) is 24.0 Å². The van der Waals surface area contributed by atoms with Crippen LogP contribution in [0.2, 0.25) is 0 Å². The molecule has 0 aromatic heterocycles. The van der Waals surface area contributed by atoms with Crippen LogP contribution in [-0.2, 0) is 19.3 Å². The summed E-state index contributed by atoms with van der Waals surface area (Å²) >= 11 is 0. The molecule has 2 N–H and O–H groups in total. The van der Waals surface area contributed by atoms with Gasteiger partial charge in [0.2, 0.25) is 0 Å². The second-order valence-corrected chi connectivity index (χ2v) is 8.47. The highest BCUT2D eigenvalue weighted by Crippen LogP contribution is 2.15. The van der Waals surface area contributed by atoms with Crippen LogP contribution in [-0.4, -0.2) is 65.8 Å². The first-order chi connectivity index (χ1) is 12.9. The highest BCUT2D eigenvalue weighted by atomic mass is 127. The third-order valence-electron chi connectivity index (χ3n) is 3.69. The monoisotopic (exact) mass is 527 g/mol. The molecule has 0 fully saturated rings. The molecule has 0 saturated carbocycles. The molecule has 28 heavy (non-hydrogen) atoms. The number of rotatable bonds is 13. The van der Waals surface area contributed by atoms with Gasteiger partial charge >= 0.3 is 0 Å². The van der Waals surface area contributed by atoms with Gasteiger partial charge in [0.15, 0.2) is 5.96 Å². The van der Waals surface area contributed by atoms with Crippen LogP contribution in [0.5, 0.6) is 0 Å². The minimum absolute atomic E-state index is 0. The second-order valence-electron chi connectivity index (χ2n) is 6.21. The van der Waals surface area contributed by atoms with Crippen LogP contribution >= 0.6 is 24.0 Å². The van der Waals surface area contributed by atoms with Gasteiger partial charge in [0, 0.05) is 32.5 Å². The number of benzene rings is 1. The smallest absolute Gasteiger partial charge is 0.191 e. The van der Waals surface area contributed by atoms with Gasteiger partial charge in [-0.3, -0.25) is 4.99 Å². The number of aliphatic imine (C=N–C) groups is 1. The number of sulfone groups is 1. The second kappa shape index (κ2) is 15.9. The lowest BCUT2D eigenvalue weighted by molar-refractivity contribution is 0.0652. The largest absolute Gasteiger partial charge is 0.379 e. The Morgan fingerprint density at radius 2 is 1.86 bits per heavy atom. The quantitative estimate of drug-likeness (QED) is 0.177. The van der Waals surface area contributed by atoms with E-state index in [0.717, 1.165) is 18.9 Å². The van der Waals surface area contributed by atoms with Gasteiger partial charge in [-0.2, -0.15) is 0 Å². The van der Waals surface area contributed by atoms with E-state index in [1.807, 2.05) is 32.0 Å². The first kappa shape index (κ1) is 27.1. The Kier molecular flexibility index (Phi) is 15.4. The molecule has 1 rings (SSSR count). The molecular weight excluding hydrogens is 493 g/mol. The molecule has 0 radical (unpaired) electrons. The van der Waals surface area contributed by atoms with E-state index in [1.54, 1.807) is 0 Å². The van der Waals surface area contributed by atoms with E-state index < -0.39 is 9.84 Å². The van der Waals surface area contributed by atoms with Gasteiger partial charge in [0.05, 0.1) is 25.1 Å². The summed E-state index contributed by atoms with van der Waals surface area (Å²) in [4.78, 5) is 4.50. The van der Waals surface area contributed by atoms with Crippen molar-refractivity contribution in [2.75, 3.05) is 51.5 Å². The maximum Gasteiger partial charge on any atom is 0.191 e. The van der Waals surface area contributed by atoms with Crippen molar-refractivity contribution in [2.45, 2.75) is 26.4 Å². The summed E-state index contributed by atoms with van der Waals surface area (Å²) in [7, 11) is -2.97. The van der Waals surface area contributed by atoms with Gasteiger partial charge in [-0.05, 0) is 25.8 Å². The maximum atomic E-state index is 11.0. The van der Waals surface area contributed by atoms with E-state index in [9.17, 15) is 8.42 Å². The van der Waals surface area contributed by atoms with Crippen molar-refractivity contribution in [3.8, 4) is 0 Å². The number of hydrogen-bond donors (Lipinski definition) is 2. The van der Waals surface area contributed by atoms with Crippen LogP contribution in [0, 0.1) is 0 Å². The summed E-state index contributed by atoms with van der Waals surface area (Å²) in [5.74, 6) is 0.767. The van der Waals surface area contributed by atoms with E-state index in [-0.39, 0.29) is 42.4 Å². The predicted molar refractivity (Wildman–Crippen MR) is 125 cm³/mol. The van der Waals surface area contributed by atoms with E-state index in [4.69, 9.17) is 9.47 Å². The molecule has 0 aliphatic carbocycles. The van der Waals surface area contributed by atoms with Crippen LogP contribution in [0.15, 0.2) is 35.3 Å². The van der Waals surface area contributed by atoms with E-state index >= 15 is 0 Å². The molecule has 9 heteroatoms. The number of halogens is 1. The topological polar surface area (TPSA) is 89.0 Å². The Morgan fingerprint density at radius 3 is 2.50 bits per heavy atom. The average Bonchev–Trinajstić information content (AvgIpc) is 2.63. The SMILES string of the molecule is CCNC(=NCCCOC(C)c1ccccc1)NCCOCCS(C)(=O)=O.I. The molecule has 0 spiro atoms. The lowest BCUT2D eigenvalue weighted by Gasteiger charge is -2.13. The molecule has 0 bridgehead atoms. The minimum atomic E-state index is -2.97. The molecule has 0 aliphatic heterocycles. The van der Waals surface area contributed by atoms with Gasteiger partial charge in [-0.25, -0.2) is 8.42 Å². The summed E-state index contributed by atoms with van der Waals surface area (Å²) in [6.45, 7) is 7.33. The van der Waals surface area contributed by atoms with Crippen molar-refractivity contribution < 1.29 is 17.9 Å². The highest BCUT2D eigenvalue weighted by Gasteiger charge is 2.04. The van der Waals surface area contributed by atoms with Crippen molar-refractivity contribution >= 4 is 39.8 Å². The number of hydrogen-bond acceptors (Lipinski definition) is 5. The molecule has 1 unspecified atom stereocenters. The molecule has 162 valence electrons. The minimum Gasteiger partial charge on any atom is -0.379 e. The zero-order valence-corrected chi connectivity index (χ0v) is 20.2. The molecule has 0 amide bonds. The van der Waals surface area contributed by atoms with Crippen LogP contribution in [0.3, 0.4) is 0 Å². The van der Waals surface area contributed by atoms with E-state index in [0.29, 0.717) is 26.3 Å². The Balaban J connectivity index is 0.00000729. The molecule has 0 saturated heterocycles. The van der Waals surface area contributed by atoms with Crippen LogP contribution in [0.1, 0.15) is 31.9 Å². The zero-order chi connectivity index (χ0) is 20.0. The van der Waals surface area contributed by atoms with Crippen molar-refractivity contribution in [1.29, 1.82) is 0 Å². The standard InChI is InChI=1S/C19H33N3O4S.HI/c1-4-20-19(22-12-14-25-15-16-27(3,23)24)21-11-8-13-26-17(2)18-9-6-5-7-10-18;/h5-7,9-10,17H,4,8,11-16H2,1-3H3,(H2,20,21,22);1H. The first-order valence-electron chi connectivity index (χ1n) is 9.36. The van der Waals surface area contributed by atoms with Crippen molar-refractivity contribution in [1.82, 2.24) is 10.6 Å². The van der Waals surface area contributed by atoms with E-state index in [2.05, 4.69) is 27.8 Å². The molecule has 0 aliphatic rings. The van der Waals surface area contributed by atoms with Crippen LogP contribution < -0.4 is 10.6 Å². The van der Waals surface area contributed by atoms with Gasteiger partial charge < -0.3 is 20.1 Å². The number of nitrogens with zero attached hydrogens (tertiary/aromatic N) is 1. The Bertz CT molecular complexity index is 642. The van der Waals surface area contributed by atoms with Crippen LogP contribution in [0.4, 0.5) is 0 Å². The number of guanidine groups is 1. The predicted octanol–water partition coefficient (Wildman–Crippen LogP) is 2.39. The summed E-state index contributed by atoms with van der Waals surface area (Å²) in [6, 6.07) is 10.1. The Hall–Kier alpha value is -0.910. The average molecular weight is 527 g/mol. The summed E-state index contributed by atoms with van der Waals surface area (Å²) in [5, 5.41) is 6.34. The fourth-order valence-electron chi connectivity index (χ4n) is 2.23. The normalized spacial score (nSPS) is 12.9. The Labute approximate surface area is 186 Å². The zero-order valence-electron chi connectivity index (χ0n) is 17.0. The van der Waals surface area contributed by atoms with Gasteiger partial charge in [0.25, 0.3) is 0 Å². The molecule has 7 nitrogen and oxygen atoms in total. The number of ether oxygens (including phenoxy) is 2. The fraction of sp³-hybridized carbons (Fsp3) is 0.632. The maximum absolute atomic E-state index is 11.0. The van der Waals surface area contributed by atoms with Gasteiger partial charge in [0.1, 0.15) is 9.84 Å². The molecule has 1 atom stereocenters. The highest BCUT2D eigenvalue weighted by molar-refractivity contribution is 14.0. The Morgan fingerprint density at radius 1 is 1.14 bits per heavy atom. The molecule has 0 heterocycles. The number of nitrogens with one attached hydrogen (secondary N) is 2. The van der Waals surface area contributed by atoms with Crippen molar-refractivity contribution in [3.63, 3.8) is 0 Å². The lowest BCUT2D eigenvalue weighted by atomic mass is 10.1. The molecule has 1 aromatic carbocycles. The van der Waals surface area contributed by atoms with Crippen molar-refractivity contribution in [2.24, 2.45) is 4.99 Å².